The van der Waals surface area contributed by atoms with Gasteiger partial charge in [0, 0.05) is 0 Å². The van der Waals surface area contributed by atoms with E-state index in [9.17, 15) is 19.2 Å². The molecule has 1 saturated heterocycles. The third-order valence-corrected chi connectivity index (χ3v) is 3.85. The summed E-state index contributed by atoms with van der Waals surface area (Å²) in [5, 5.41) is 0. The summed E-state index contributed by atoms with van der Waals surface area (Å²) in [7, 11) is 0. The number of carbonyl (C=O) groups is 4. The van der Waals surface area contributed by atoms with Gasteiger partial charge in [-0.1, -0.05) is 0 Å². The number of alkyl halides is 1. The fourth-order valence-corrected chi connectivity index (χ4v) is 3.11. The Bertz CT molecular complexity index is 337. The predicted molar refractivity (Wildman–Crippen MR) is 45.9 cm³/mol. The summed E-state index contributed by atoms with van der Waals surface area (Å²) in [4.78, 5) is 43.2. The number of cyclic esters (lactones) is 2. The van der Waals surface area contributed by atoms with Crippen LogP contribution in [0.2, 0.25) is 0 Å². The zero-order valence-corrected chi connectivity index (χ0v) is 10.7. The summed E-state index contributed by atoms with van der Waals surface area (Å²) in [5.74, 6) is -2.09. The van der Waals surface area contributed by atoms with Crippen molar-refractivity contribution in [1.82, 2.24) is 0 Å². The van der Waals surface area contributed by atoms with E-state index in [-0.39, 0.29) is 6.42 Å². The zero-order chi connectivity index (χ0) is 12.1. The number of rotatable bonds is 4. The molecule has 1 unspecified atom stereocenters. The Morgan fingerprint density at radius 2 is 2.19 bits per heavy atom. The second kappa shape index (κ2) is 5.92. The number of esters is 3. The average Bonchev–Trinajstić information content (AvgIpc) is 2.44. The van der Waals surface area contributed by atoms with Crippen LogP contribution in [0.4, 0.5) is 4.79 Å². The van der Waals surface area contributed by atoms with E-state index in [1.54, 1.807) is 0 Å². The Balaban J connectivity index is 2.21. The Labute approximate surface area is 102 Å². The molecule has 0 aromatic rings. The maximum atomic E-state index is 11.0. The van der Waals surface area contributed by atoms with E-state index in [1.165, 1.54) is 0 Å². The molecule has 1 fully saturated rings. The monoisotopic (exact) mass is 341 g/mol. The van der Waals surface area contributed by atoms with Gasteiger partial charge in [-0.3, -0.25) is 0 Å². The van der Waals surface area contributed by atoms with Gasteiger partial charge in [0.15, 0.2) is 0 Å². The van der Waals surface area contributed by atoms with Crippen LogP contribution in [0.25, 0.3) is 0 Å². The molecule has 1 aliphatic rings. The van der Waals surface area contributed by atoms with Gasteiger partial charge in [-0.05, 0) is 0 Å². The van der Waals surface area contributed by atoms with Crippen molar-refractivity contribution in [2.45, 2.75) is 19.8 Å². The molecule has 1 rings (SSSR count). The molecule has 1 aliphatic heterocycles. The average molecular weight is 341 g/mol. The van der Waals surface area contributed by atoms with Crippen molar-refractivity contribution >= 4 is 21.9 Å². The van der Waals surface area contributed by atoms with Crippen LogP contribution in [0.1, 0.15) is 19.8 Å². The van der Waals surface area contributed by atoms with Gasteiger partial charge >= 0.3 is 102 Å². The van der Waals surface area contributed by atoms with Crippen molar-refractivity contribution in [3.8, 4) is 0 Å². The molecule has 0 aromatic carbocycles. The van der Waals surface area contributed by atoms with Crippen LogP contribution in [0.5, 0.6) is 0 Å². The van der Waals surface area contributed by atoms with Crippen LogP contribution in [0.3, 0.4) is 0 Å². The van der Waals surface area contributed by atoms with Gasteiger partial charge in [0.1, 0.15) is 0 Å². The molecule has 0 amide bonds. The summed E-state index contributed by atoms with van der Waals surface area (Å²) in [6.07, 6.45) is 0.523. The van der Waals surface area contributed by atoms with E-state index >= 15 is 0 Å². The SMILES string of the molecule is CC(=O)OC(=O)[I-]CCC1CC(=O)OC1=O. The van der Waals surface area contributed by atoms with E-state index in [1.807, 2.05) is 0 Å². The van der Waals surface area contributed by atoms with Crippen molar-refractivity contribution in [3.05, 3.63) is 0 Å². The molecule has 0 aromatic heterocycles. The Hall–Kier alpha value is -0.990. The van der Waals surface area contributed by atoms with Crippen LogP contribution in [0.15, 0.2) is 0 Å². The topological polar surface area (TPSA) is 86.7 Å². The van der Waals surface area contributed by atoms with Crippen LogP contribution < -0.4 is 21.2 Å². The van der Waals surface area contributed by atoms with Crippen LogP contribution in [-0.4, -0.2) is 26.3 Å². The summed E-state index contributed by atoms with van der Waals surface area (Å²) in [5.41, 5.74) is 0. The standard InChI is InChI=1S/C9H10IO6/c1-5(11)15-9(14)10-3-2-6-4-7(12)16-8(6)13/h6H,2-4H2,1H3/q-1. The predicted octanol–water partition coefficient (Wildman–Crippen LogP) is -2.76. The molecule has 6 nitrogen and oxygen atoms in total. The van der Waals surface area contributed by atoms with Gasteiger partial charge in [0.25, 0.3) is 0 Å². The first-order valence-electron chi connectivity index (χ1n) is 4.55. The third kappa shape index (κ3) is 4.25. The molecular weight excluding hydrogens is 331 g/mol. The summed E-state index contributed by atoms with van der Waals surface area (Å²) in [6.45, 7) is 1.16. The second-order valence-electron chi connectivity index (χ2n) is 3.14. The van der Waals surface area contributed by atoms with Gasteiger partial charge in [0.05, 0.1) is 0 Å². The molecule has 16 heavy (non-hydrogen) atoms. The molecule has 0 saturated carbocycles. The van der Waals surface area contributed by atoms with Crippen LogP contribution >= 0.6 is 0 Å². The molecule has 1 heterocycles. The Morgan fingerprint density at radius 3 is 2.69 bits per heavy atom. The van der Waals surface area contributed by atoms with Gasteiger partial charge in [-0.2, -0.15) is 0 Å². The summed E-state index contributed by atoms with van der Waals surface area (Å²) < 4.78 is 8.70. The molecule has 0 spiro atoms. The third-order valence-electron chi connectivity index (χ3n) is 1.85. The number of hydrogen-bond donors (Lipinski definition) is 0. The van der Waals surface area contributed by atoms with E-state index in [0.717, 1.165) is 6.92 Å². The molecule has 7 heteroatoms. The van der Waals surface area contributed by atoms with Crippen molar-refractivity contribution < 1.29 is 49.9 Å². The van der Waals surface area contributed by atoms with Crippen molar-refractivity contribution in [2.75, 3.05) is 4.43 Å². The van der Waals surface area contributed by atoms with Gasteiger partial charge in [0.2, 0.25) is 0 Å². The molecule has 0 aliphatic carbocycles. The quantitative estimate of drug-likeness (QED) is 0.181. The minimum atomic E-state index is -0.925. The second-order valence-corrected chi connectivity index (χ2v) is 5.86. The number of carbonyl (C=O) groups excluding carboxylic acids is 4. The van der Waals surface area contributed by atoms with E-state index in [4.69, 9.17) is 0 Å². The minimum absolute atomic E-state index is 0.0876. The first-order chi connectivity index (χ1) is 7.49. The van der Waals surface area contributed by atoms with Crippen molar-refractivity contribution in [2.24, 2.45) is 5.92 Å². The van der Waals surface area contributed by atoms with Crippen LogP contribution in [0, 0.1) is 5.92 Å². The Morgan fingerprint density at radius 1 is 1.50 bits per heavy atom. The molecular formula is C9H10IO6-. The number of hydrogen-bond acceptors (Lipinski definition) is 6. The summed E-state index contributed by atoms with van der Waals surface area (Å²) >= 11 is -0.925. The number of halogens is 1. The molecule has 90 valence electrons. The van der Waals surface area contributed by atoms with E-state index in [2.05, 4.69) is 9.47 Å². The van der Waals surface area contributed by atoms with Crippen molar-refractivity contribution in [1.29, 1.82) is 0 Å². The fourth-order valence-electron chi connectivity index (χ4n) is 1.15. The summed E-state index contributed by atoms with van der Waals surface area (Å²) in [6, 6.07) is 0. The molecule has 0 bridgehead atoms. The van der Waals surface area contributed by atoms with E-state index in [0.29, 0.717) is 10.8 Å². The van der Waals surface area contributed by atoms with Crippen molar-refractivity contribution in [3.63, 3.8) is 0 Å². The molecule has 0 N–H and O–H groups in total. The first-order valence-corrected chi connectivity index (χ1v) is 7.15. The van der Waals surface area contributed by atoms with Crippen LogP contribution in [-0.2, 0) is 23.9 Å². The van der Waals surface area contributed by atoms with E-state index < -0.39 is 49.0 Å². The zero-order valence-electron chi connectivity index (χ0n) is 8.53. The number of ether oxygens (including phenoxy) is 2. The maximum absolute atomic E-state index is 11.0. The van der Waals surface area contributed by atoms with Gasteiger partial charge in [-0.25, -0.2) is 0 Å². The fraction of sp³-hybridized carbons (Fsp3) is 0.556. The normalized spacial score (nSPS) is 19.7. The molecule has 1 atom stereocenters. The van der Waals surface area contributed by atoms with Gasteiger partial charge in [-0.15, -0.1) is 0 Å². The first kappa shape index (κ1) is 13.1. The molecule has 0 radical (unpaired) electrons. The Kier molecular flexibility index (Phi) is 4.84. The van der Waals surface area contributed by atoms with Gasteiger partial charge < -0.3 is 0 Å².